The third kappa shape index (κ3) is 3.74. The van der Waals surface area contributed by atoms with Crippen molar-refractivity contribution in [1.29, 1.82) is 5.26 Å². The molecule has 0 aromatic heterocycles. The Hall–Kier alpha value is -1.56. The summed E-state index contributed by atoms with van der Waals surface area (Å²) >= 11 is 0. The lowest BCUT2D eigenvalue weighted by molar-refractivity contribution is 0.539. The Balaban J connectivity index is 2.91. The third-order valence-electron chi connectivity index (χ3n) is 2.70. The van der Waals surface area contributed by atoms with E-state index in [1.807, 2.05) is 6.07 Å². The van der Waals surface area contributed by atoms with Crippen molar-refractivity contribution in [3.8, 4) is 6.07 Å². The molecule has 0 fully saturated rings. The Labute approximate surface area is 102 Å². The monoisotopic (exact) mass is 234 g/mol. The van der Waals surface area contributed by atoms with Gasteiger partial charge < -0.3 is 5.32 Å². The third-order valence-corrected chi connectivity index (χ3v) is 2.70. The van der Waals surface area contributed by atoms with Gasteiger partial charge >= 0.3 is 0 Å². The second kappa shape index (κ2) is 5.67. The SMILES string of the molecule is Cc1c(F)cc(C#N)cc1NC(C)CC(C)C. The molecule has 0 saturated heterocycles. The van der Waals surface area contributed by atoms with Crippen LogP contribution in [0, 0.1) is 30.0 Å². The van der Waals surface area contributed by atoms with Crippen LogP contribution in [0.5, 0.6) is 0 Å². The first-order valence-corrected chi connectivity index (χ1v) is 5.90. The topological polar surface area (TPSA) is 35.8 Å². The molecule has 1 aromatic carbocycles. The number of rotatable bonds is 4. The zero-order valence-electron chi connectivity index (χ0n) is 10.8. The van der Waals surface area contributed by atoms with Gasteiger partial charge in [-0.25, -0.2) is 4.39 Å². The Morgan fingerprint density at radius 2 is 2.00 bits per heavy atom. The molecule has 0 bridgehead atoms. The Kier molecular flexibility index (Phi) is 4.51. The van der Waals surface area contributed by atoms with Gasteiger partial charge in [0.1, 0.15) is 5.82 Å². The first-order valence-electron chi connectivity index (χ1n) is 5.90. The summed E-state index contributed by atoms with van der Waals surface area (Å²) < 4.78 is 13.5. The highest BCUT2D eigenvalue weighted by Gasteiger charge is 2.10. The fraction of sp³-hybridized carbons (Fsp3) is 0.500. The number of anilines is 1. The first-order chi connectivity index (χ1) is 7.93. The summed E-state index contributed by atoms with van der Waals surface area (Å²) in [6.07, 6.45) is 1.01. The van der Waals surface area contributed by atoms with Crippen molar-refractivity contribution in [3.05, 3.63) is 29.1 Å². The van der Waals surface area contributed by atoms with Gasteiger partial charge in [0.25, 0.3) is 0 Å². The van der Waals surface area contributed by atoms with Crippen LogP contribution in [-0.4, -0.2) is 6.04 Å². The van der Waals surface area contributed by atoms with Crippen LogP contribution in [0.1, 0.15) is 38.3 Å². The van der Waals surface area contributed by atoms with Crippen molar-refractivity contribution in [2.75, 3.05) is 5.32 Å². The number of hydrogen-bond acceptors (Lipinski definition) is 2. The van der Waals surface area contributed by atoms with E-state index < -0.39 is 0 Å². The molecule has 0 radical (unpaired) electrons. The maximum absolute atomic E-state index is 13.5. The van der Waals surface area contributed by atoms with Crippen LogP contribution in [-0.2, 0) is 0 Å². The molecule has 17 heavy (non-hydrogen) atoms. The maximum Gasteiger partial charge on any atom is 0.129 e. The van der Waals surface area contributed by atoms with Gasteiger partial charge in [-0.15, -0.1) is 0 Å². The molecular formula is C14H19FN2. The fourth-order valence-electron chi connectivity index (χ4n) is 1.92. The van der Waals surface area contributed by atoms with E-state index in [-0.39, 0.29) is 11.9 Å². The molecule has 92 valence electrons. The average Bonchev–Trinajstić information content (AvgIpc) is 2.23. The molecule has 2 nitrogen and oxygen atoms in total. The molecule has 0 amide bonds. The maximum atomic E-state index is 13.5. The van der Waals surface area contributed by atoms with Gasteiger partial charge in [0.2, 0.25) is 0 Å². The lowest BCUT2D eigenvalue weighted by Gasteiger charge is -2.19. The van der Waals surface area contributed by atoms with Crippen LogP contribution in [0.25, 0.3) is 0 Å². The van der Waals surface area contributed by atoms with E-state index in [9.17, 15) is 4.39 Å². The van der Waals surface area contributed by atoms with E-state index >= 15 is 0 Å². The minimum atomic E-state index is -0.330. The van der Waals surface area contributed by atoms with Crippen LogP contribution >= 0.6 is 0 Å². The predicted molar refractivity (Wildman–Crippen MR) is 68.4 cm³/mol. The summed E-state index contributed by atoms with van der Waals surface area (Å²) in [5.41, 5.74) is 1.64. The summed E-state index contributed by atoms with van der Waals surface area (Å²) in [5.74, 6) is 0.255. The molecule has 0 aliphatic rings. The highest BCUT2D eigenvalue weighted by Crippen LogP contribution is 2.22. The van der Waals surface area contributed by atoms with E-state index in [1.165, 1.54) is 6.07 Å². The van der Waals surface area contributed by atoms with Crippen LogP contribution in [0.4, 0.5) is 10.1 Å². The predicted octanol–water partition coefficient (Wildman–Crippen LogP) is 3.85. The molecule has 1 unspecified atom stereocenters. The quantitative estimate of drug-likeness (QED) is 0.858. The Morgan fingerprint density at radius 1 is 1.35 bits per heavy atom. The van der Waals surface area contributed by atoms with Gasteiger partial charge in [-0.2, -0.15) is 5.26 Å². The van der Waals surface area contributed by atoms with Gasteiger partial charge in [-0.05, 0) is 38.3 Å². The van der Waals surface area contributed by atoms with E-state index in [0.29, 0.717) is 17.0 Å². The lowest BCUT2D eigenvalue weighted by Crippen LogP contribution is -2.18. The molecule has 0 aliphatic heterocycles. The fourth-order valence-corrected chi connectivity index (χ4v) is 1.92. The minimum absolute atomic E-state index is 0.266. The number of nitrogens with one attached hydrogen (secondary N) is 1. The van der Waals surface area contributed by atoms with Gasteiger partial charge in [0.15, 0.2) is 0 Å². The molecule has 0 heterocycles. The molecule has 1 N–H and O–H groups in total. The summed E-state index contributed by atoms with van der Waals surface area (Å²) in [5, 5.41) is 12.1. The van der Waals surface area contributed by atoms with Gasteiger partial charge in [0, 0.05) is 17.3 Å². The minimum Gasteiger partial charge on any atom is -0.382 e. The molecule has 1 atom stereocenters. The first kappa shape index (κ1) is 13.5. The summed E-state index contributed by atoms with van der Waals surface area (Å²) in [7, 11) is 0. The average molecular weight is 234 g/mol. The standard InChI is InChI=1S/C14H19FN2/c1-9(2)5-10(3)17-14-7-12(8-16)6-13(15)11(14)4/h6-7,9-10,17H,5H2,1-4H3. The highest BCUT2D eigenvalue weighted by atomic mass is 19.1. The molecule has 0 aliphatic carbocycles. The normalized spacial score (nSPS) is 12.3. The van der Waals surface area contributed by atoms with E-state index in [2.05, 4.69) is 26.1 Å². The zero-order chi connectivity index (χ0) is 13.0. The van der Waals surface area contributed by atoms with Crippen molar-refractivity contribution in [2.24, 2.45) is 5.92 Å². The van der Waals surface area contributed by atoms with E-state index in [0.717, 1.165) is 12.1 Å². The molecule has 1 rings (SSSR count). The zero-order valence-corrected chi connectivity index (χ0v) is 10.8. The number of benzene rings is 1. The van der Waals surface area contributed by atoms with Gasteiger partial charge in [0.05, 0.1) is 11.6 Å². The lowest BCUT2D eigenvalue weighted by atomic mass is 10.0. The Morgan fingerprint density at radius 3 is 2.53 bits per heavy atom. The highest BCUT2D eigenvalue weighted by molar-refractivity contribution is 5.56. The number of hydrogen-bond donors (Lipinski definition) is 1. The van der Waals surface area contributed by atoms with Crippen molar-refractivity contribution < 1.29 is 4.39 Å². The number of nitrogens with zero attached hydrogens (tertiary/aromatic N) is 1. The largest absolute Gasteiger partial charge is 0.382 e. The second-order valence-electron chi connectivity index (χ2n) is 4.92. The summed E-state index contributed by atoms with van der Waals surface area (Å²) in [6.45, 7) is 8.09. The molecule has 0 saturated carbocycles. The van der Waals surface area contributed by atoms with Gasteiger partial charge in [-0.1, -0.05) is 13.8 Å². The van der Waals surface area contributed by atoms with Crippen LogP contribution in [0.2, 0.25) is 0 Å². The van der Waals surface area contributed by atoms with Crippen LogP contribution < -0.4 is 5.32 Å². The molecular weight excluding hydrogens is 215 g/mol. The summed E-state index contributed by atoms with van der Waals surface area (Å²) in [4.78, 5) is 0. The van der Waals surface area contributed by atoms with E-state index in [4.69, 9.17) is 5.26 Å². The summed E-state index contributed by atoms with van der Waals surface area (Å²) in [6, 6.07) is 5.21. The number of halogens is 1. The van der Waals surface area contributed by atoms with E-state index in [1.54, 1.807) is 13.0 Å². The molecule has 1 aromatic rings. The van der Waals surface area contributed by atoms with Crippen LogP contribution in [0.15, 0.2) is 12.1 Å². The number of nitriles is 1. The van der Waals surface area contributed by atoms with Crippen molar-refractivity contribution in [3.63, 3.8) is 0 Å². The molecule has 0 spiro atoms. The smallest absolute Gasteiger partial charge is 0.129 e. The second-order valence-corrected chi connectivity index (χ2v) is 4.92. The van der Waals surface area contributed by atoms with Crippen LogP contribution in [0.3, 0.4) is 0 Å². The van der Waals surface area contributed by atoms with Crippen molar-refractivity contribution in [1.82, 2.24) is 0 Å². The molecule has 3 heteroatoms. The van der Waals surface area contributed by atoms with Gasteiger partial charge in [-0.3, -0.25) is 0 Å². The Bertz CT molecular complexity index is 433. The van der Waals surface area contributed by atoms with Crippen molar-refractivity contribution in [2.45, 2.75) is 40.2 Å². The van der Waals surface area contributed by atoms with Crippen molar-refractivity contribution >= 4 is 5.69 Å².